The molecule has 2 heterocycles. The number of ether oxygens (including phenoxy) is 2. The molecule has 0 bridgehead atoms. The van der Waals surface area contributed by atoms with Crippen molar-refractivity contribution in [1.82, 2.24) is 9.97 Å². The van der Waals surface area contributed by atoms with E-state index in [0.29, 0.717) is 17.4 Å². The smallest absolute Gasteiger partial charge is 0.219 e. The lowest BCUT2D eigenvalue weighted by atomic mass is 10.1. The van der Waals surface area contributed by atoms with Gasteiger partial charge in [0.2, 0.25) is 5.88 Å². The van der Waals surface area contributed by atoms with Crippen LogP contribution in [0.5, 0.6) is 23.1 Å². The summed E-state index contributed by atoms with van der Waals surface area (Å²) >= 11 is 0. The molecule has 2 aromatic carbocycles. The van der Waals surface area contributed by atoms with E-state index in [1.54, 1.807) is 12.4 Å². The monoisotopic (exact) mass is 340 g/mol. The summed E-state index contributed by atoms with van der Waals surface area (Å²) in [5.74, 6) is 2.64. The molecule has 0 amide bonds. The summed E-state index contributed by atoms with van der Waals surface area (Å²) in [4.78, 5) is 8.54. The lowest BCUT2D eigenvalue weighted by Gasteiger charge is -2.09. The van der Waals surface area contributed by atoms with Crippen LogP contribution in [0.25, 0.3) is 11.3 Å². The molecule has 4 heteroatoms. The van der Waals surface area contributed by atoms with Crippen LogP contribution in [0.4, 0.5) is 0 Å². The summed E-state index contributed by atoms with van der Waals surface area (Å²) in [7, 11) is 0. The first-order valence-electron chi connectivity index (χ1n) is 8.25. The van der Waals surface area contributed by atoms with E-state index in [1.165, 1.54) is 0 Å². The van der Waals surface area contributed by atoms with Crippen LogP contribution >= 0.6 is 0 Å². The molecule has 26 heavy (non-hydrogen) atoms. The van der Waals surface area contributed by atoms with E-state index in [0.717, 1.165) is 17.0 Å². The Balaban J connectivity index is 1.53. The summed E-state index contributed by atoms with van der Waals surface area (Å²) in [5.41, 5.74) is 1.91. The summed E-state index contributed by atoms with van der Waals surface area (Å²) in [6.45, 7) is 0. The number of pyridine rings is 2. The molecule has 0 saturated carbocycles. The molecule has 0 aliphatic heterocycles. The fourth-order valence-corrected chi connectivity index (χ4v) is 2.52. The van der Waals surface area contributed by atoms with Gasteiger partial charge in [0.1, 0.15) is 17.2 Å². The first-order valence-corrected chi connectivity index (χ1v) is 8.25. The lowest BCUT2D eigenvalue weighted by Crippen LogP contribution is -1.89. The number of aromatic nitrogens is 2. The zero-order chi connectivity index (χ0) is 17.6. The van der Waals surface area contributed by atoms with Gasteiger partial charge in [-0.2, -0.15) is 0 Å². The minimum absolute atomic E-state index is 0.543. The molecule has 2 aromatic heterocycles. The quantitative estimate of drug-likeness (QED) is 0.465. The van der Waals surface area contributed by atoms with Gasteiger partial charge < -0.3 is 9.47 Å². The van der Waals surface area contributed by atoms with Gasteiger partial charge in [-0.1, -0.05) is 30.3 Å². The molecular formula is C22H16N2O2. The van der Waals surface area contributed by atoms with Crippen LogP contribution in [0.3, 0.4) is 0 Å². The number of nitrogens with zero attached hydrogens (tertiary/aromatic N) is 2. The van der Waals surface area contributed by atoms with E-state index in [-0.39, 0.29) is 0 Å². The highest BCUT2D eigenvalue weighted by molar-refractivity contribution is 5.61. The van der Waals surface area contributed by atoms with E-state index >= 15 is 0 Å². The zero-order valence-corrected chi connectivity index (χ0v) is 13.9. The lowest BCUT2D eigenvalue weighted by molar-refractivity contribution is 0.449. The van der Waals surface area contributed by atoms with Crippen LogP contribution in [0, 0.1) is 0 Å². The molecule has 4 rings (SSSR count). The zero-order valence-electron chi connectivity index (χ0n) is 13.9. The minimum atomic E-state index is 0.543. The fourth-order valence-electron chi connectivity index (χ4n) is 2.52. The molecular weight excluding hydrogens is 324 g/mol. The van der Waals surface area contributed by atoms with Gasteiger partial charge in [-0.25, -0.2) is 4.98 Å². The van der Waals surface area contributed by atoms with Crippen LogP contribution in [0.1, 0.15) is 0 Å². The highest BCUT2D eigenvalue weighted by Gasteiger charge is 2.04. The van der Waals surface area contributed by atoms with Crippen molar-refractivity contribution in [3.05, 3.63) is 97.3 Å². The molecule has 0 aliphatic rings. The molecule has 0 unspecified atom stereocenters. The Morgan fingerprint density at radius 2 is 1.23 bits per heavy atom. The van der Waals surface area contributed by atoms with Gasteiger partial charge in [0.05, 0.1) is 5.69 Å². The van der Waals surface area contributed by atoms with Gasteiger partial charge in [0.25, 0.3) is 0 Å². The van der Waals surface area contributed by atoms with Crippen molar-refractivity contribution in [1.29, 1.82) is 0 Å². The topological polar surface area (TPSA) is 44.2 Å². The number of hydrogen-bond acceptors (Lipinski definition) is 4. The van der Waals surface area contributed by atoms with Crippen LogP contribution in [0.15, 0.2) is 97.3 Å². The molecule has 0 fully saturated rings. The van der Waals surface area contributed by atoms with E-state index in [1.807, 2.05) is 84.9 Å². The second-order valence-corrected chi connectivity index (χ2v) is 5.59. The second-order valence-electron chi connectivity index (χ2n) is 5.59. The van der Waals surface area contributed by atoms with Crippen molar-refractivity contribution in [2.75, 3.05) is 0 Å². The predicted molar refractivity (Wildman–Crippen MR) is 101 cm³/mol. The maximum Gasteiger partial charge on any atom is 0.219 e. The van der Waals surface area contributed by atoms with Gasteiger partial charge >= 0.3 is 0 Å². The molecule has 4 nitrogen and oxygen atoms in total. The van der Waals surface area contributed by atoms with Crippen molar-refractivity contribution in [3.63, 3.8) is 0 Å². The van der Waals surface area contributed by atoms with E-state index in [4.69, 9.17) is 9.47 Å². The van der Waals surface area contributed by atoms with E-state index < -0.39 is 0 Å². The maximum absolute atomic E-state index is 5.99. The summed E-state index contributed by atoms with van der Waals surface area (Å²) in [6.07, 6.45) is 3.47. The minimum Gasteiger partial charge on any atom is -0.457 e. The third-order valence-corrected chi connectivity index (χ3v) is 3.70. The Bertz CT molecular complexity index is 989. The third-order valence-electron chi connectivity index (χ3n) is 3.70. The van der Waals surface area contributed by atoms with Crippen molar-refractivity contribution >= 4 is 0 Å². The average Bonchev–Trinajstić information content (AvgIpc) is 2.70. The Labute approximate surface area is 151 Å². The summed E-state index contributed by atoms with van der Waals surface area (Å²) in [6, 6.07) is 26.7. The molecule has 4 aromatic rings. The highest BCUT2D eigenvalue weighted by atomic mass is 16.5. The van der Waals surface area contributed by atoms with Crippen molar-refractivity contribution in [2.45, 2.75) is 0 Å². The van der Waals surface area contributed by atoms with Gasteiger partial charge in [-0.05, 0) is 42.5 Å². The average molecular weight is 340 g/mol. The van der Waals surface area contributed by atoms with Crippen LogP contribution < -0.4 is 9.47 Å². The summed E-state index contributed by atoms with van der Waals surface area (Å²) < 4.78 is 11.7. The van der Waals surface area contributed by atoms with Gasteiger partial charge in [0.15, 0.2) is 0 Å². The molecule has 0 spiro atoms. The molecule has 0 N–H and O–H groups in total. The number of benzene rings is 2. The summed E-state index contributed by atoms with van der Waals surface area (Å²) in [5, 5.41) is 0. The normalized spacial score (nSPS) is 10.3. The Hall–Kier alpha value is -3.66. The molecule has 0 aliphatic carbocycles. The van der Waals surface area contributed by atoms with Gasteiger partial charge in [-0.15, -0.1) is 0 Å². The molecule has 0 atom stereocenters. The van der Waals surface area contributed by atoms with Gasteiger partial charge in [0, 0.05) is 30.1 Å². The van der Waals surface area contributed by atoms with Crippen molar-refractivity contribution in [3.8, 4) is 34.4 Å². The first-order chi connectivity index (χ1) is 12.9. The highest BCUT2D eigenvalue weighted by Crippen LogP contribution is 2.29. The molecule has 126 valence electrons. The van der Waals surface area contributed by atoms with E-state index in [9.17, 15) is 0 Å². The van der Waals surface area contributed by atoms with Crippen LogP contribution in [-0.2, 0) is 0 Å². The standard InChI is InChI=1S/C22H16N2O2/c1-3-13-23-21(11-1)17-7-5-8-18(15-17)25-19-9-6-10-20(16-19)26-22-12-2-4-14-24-22/h1-16H. The SMILES string of the molecule is c1ccc(Oc2cccc(Oc3cccc(-c4ccccn4)c3)c2)nc1. The van der Waals surface area contributed by atoms with Crippen LogP contribution in [-0.4, -0.2) is 9.97 Å². The third kappa shape index (κ3) is 3.87. The predicted octanol–water partition coefficient (Wildman–Crippen LogP) is 5.73. The van der Waals surface area contributed by atoms with Crippen LogP contribution in [0.2, 0.25) is 0 Å². The largest absolute Gasteiger partial charge is 0.457 e. The maximum atomic E-state index is 5.99. The number of rotatable bonds is 5. The molecule has 0 radical (unpaired) electrons. The van der Waals surface area contributed by atoms with Crippen molar-refractivity contribution < 1.29 is 9.47 Å². The number of hydrogen-bond donors (Lipinski definition) is 0. The fraction of sp³-hybridized carbons (Fsp3) is 0. The van der Waals surface area contributed by atoms with Gasteiger partial charge in [-0.3, -0.25) is 4.98 Å². The Morgan fingerprint density at radius 3 is 1.96 bits per heavy atom. The second kappa shape index (κ2) is 7.49. The van der Waals surface area contributed by atoms with E-state index in [2.05, 4.69) is 9.97 Å². The molecule has 0 saturated heterocycles. The first kappa shape index (κ1) is 15.8. The Morgan fingerprint density at radius 1 is 0.538 bits per heavy atom. The van der Waals surface area contributed by atoms with Crippen molar-refractivity contribution in [2.24, 2.45) is 0 Å². The Kier molecular flexibility index (Phi) is 4.56.